The summed E-state index contributed by atoms with van der Waals surface area (Å²) in [6.07, 6.45) is 0. The quantitative estimate of drug-likeness (QED) is 0.858. The summed E-state index contributed by atoms with van der Waals surface area (Å²) >= 11 is 5.92. The van der Waals surface area contributed by atoms with E-state index in [0.29, 0.717) is 10.6 Å². The van der Waals surface area contributed by atoms with Crippen molar-refractivity contribution in [3.05, 3.63) is 34.3 Å². The van der Waals surface area contributed by atoms with E-state index in [2.05, 4.69) is 5.32 Å². The molecule has 0 atom stereocenters. The zero-order valence-corrected chi connectivity index (χ0v) is 10.2. The van der Waals surface area contributed by atoms with Crippen LogP contribution in [0.4, 0.5) is 0 Å². The molecule has 0 unspecified atom stereocenters. The Balaban J connectivity index is 2.99. The molecule has 0 spiro atoms. The number of halogens is 1. The van der Waals surface area contributed by atoms with E-state index in [0.717, 1.165) is 5.56 Å². The second-order valence-electron chi connectivity index (χ2n) is 4.10. The maximum absolute atomic E-state index is 11.9. The van der Waals surface area contributed by atoms with Gasteiger partial charge in [-0.25, -0.2) is 0 Å². The lowest BCUT2D eigenvalue weighted by Gasteiger charge is -2.18. The van der Waals surface area contributed by atoms with E-state index >= 15 is 0 Å². The van der Waals surface area contributed by atoms with Gasteiger partial charge in [-0.15, -0.1) is 0 Å². The Morgan fingerprint density at radius 3 is 2.69 bits per heavy atom. The lowest BCUT2D eigenvalue weighted by atomic mass is 10.0. The van der Waals surface area contributed by atoms with E-state index in [1.165, 1.54) is 0 Å². The van der Waals surface area contributed by atoms with Crippen LogP contribution in [0.2, 0.25) is 5.02 Å². The van der Waals surface area contributed by atoms with Crippen LogP contribution in [0.25, 0.3) is 0 Å². The molecule has 0 fully saturated rings. The lowest BCUT2D eigenvalue weighted by Crippen LogP contribution is -2.42. The fourth-order valence-electron chi connectivity index (χ4n) is 1.23. The van der Waals surface area contributed by atoms with Crippen LogP contribution in [-0.2, 0) is 0 Å². The molecule has 1 aromatic carbocycles. The van der Waals surface area contributed by atoms with Crippen molar-refractivity contribution in [3.8, 4) is 6.07 Å². The number of benzene rings is 1. The maximum Gasteiger partial charge on any atom is 0.252 e. The first kappa shape index (κ1) is 12.5. The number of amides is 1. The standard InChI is InChI=1S/C12H13ClN2O/c1-8-9(5-4-6-10(8)13)11(16)15-12(2,3)7-14/h4-6H,1-3H3,(H,15,16). The summed E-state index contributed by atoms with van der Waals surface area (Å²) in [4.78, 5) is 11.9. The van der Waals surface area contributed by atoms with Crippen molar-refractivity contribution < 1.29 is 4.79 Å². The summed E-state index contributed by atoms with van der Waals surface area (Å²) in [6, 6.07) is 7.13. The van der Waals surface area contributed by atoms with Gasteiger partial charge in [-0.1, -0.05) is 17.7 Å². The average Bonchev–Trinajstić information content (AvgIpc) is 2.21. The molecular weight excluding hydrogens is 224 g/mol. The number of nitrogens with one attached hydrogen (secondary N) is 1. The monoisotopic (exact) mass is 236 g/mol. The maximum atomic E-state index is 11.9. The van der Waals surface area contributed by atoms with Gasteiger partial charge in [-0.2, -0.15) is 5.26 Å². The Kier molecular flexibility index (Phi) is 3.56. The van der Waals surface area contributed by atoms with Gasteiger partial charge < -0.3 is 5.32 Å². The van der Waals surface area contributed by atoms with Crippen LogP contribution in [0.15, 0.2) is 18.2 Å². The Morgan fingerprint density at radius 1 is 1.50 bits per heavy atom. The van der Waals surface area contributed by atoms with Gasteiger partial charge in [0.2, 0.25) is 0 Å². The predicted octanol–water partition coefficient (Wildman–Crippen LogP) is 2.68. The highest BCUT2D eigenvalue weighted by Gasteiger charge is 2.21. The molecule has 0 aromatic heterocycles. The van der Waals surface area contributed by atoms with Crippen LogP contribution in [0.3, 0.4) is 0 Å². The molecule has 84 valence electrons. The smallest absolute Gasteiger partial charge is 0.252 e. The van der Waals surface area contributed by atoms with Gasteiger partial charge >= 0.3 is 0 Å². The molecule has 0 aliphatic rings. The van der Waals surface area contributed by atoms with E-state index in [1.807, 2.05) is 6.07 Å². The minimum atomic E-state index is -0.883. The molecule has 1 aromatic rings. The molecule has 0 aliphatic heterocycles. The third-order valence-corrected chi connectivity index (χ3v) is 2.63. The molecule has 1 amide bonds. The molecule has 0 aliphatic carbocycles. The predicted molar refractivity (Wildman–Crippen MR) is 63.3 cm³/mol. The number of nitrogens with zero attached hydrogens (tertiary/aromatic N) is 1. The van der Waals surface area contributed by atoms with Gasteiger partial charge in [0.25, 0.3) is 5.91 Å². The van der Waals surface area contributed by atoms with Crippen molar-refractivity contribution in [2.75, 3.05) is 0 Å². The number of hydrogen-bond donors (Lipinski definition) is 1. The molecule has 1 N–H and O–H groups in total. The second kappa shape index (κ2) is 4.54. The lowest BCUT2D eigenvalue weighted by molar-refractivity contribution is 0.0928. The molecule has 0 radical (unpaired) electrons. The Morgan fingerprint density at radius 2 is 2.12 bits per heavy atom. The summed E-state index contributed by atoms with van der Waals surface area (Å²) in [5.41, 5.74) is 0.331. The van der Waals surface area contributed by atoms with Crippen LogP contribution < -0.4 is 5.32 Å². The van der Waals surface area contributed by atoms with Crippen molar-refractivity contribution in [2.24, 2.45) is 0 Å². The van der Waals surface area contributed by atoms with Crippen molar-refractivity contribution >= 4 is 17.5 Å². The van der Waals surface area contributed by atoms with Gasteiger partial charge in [-0.05, 0) is 38.5 Å². The van der Waals surface area contributed by atoms with Crippen LogP contribution in [0, 0.1) is 18.3 Å². The van der Waals surface area contributed by atoms with E-state index in [9.17, 15) is 4.79 Å². The first-order valence-corrected chi connectivity index (χ1v) is 5.24. The van der Waals surface area contributed by atoms with E-state index in [1.54, 1.807) is 39.0 Å². The third kappa shape index (κ3) is 2.74. The molecule has 4 heteroatoms. The third-order valence-electron chi connectivity index (χ3n) is 2.22. The second-order valence-corrected chi connectivity index (χ2v) is 4.51. The highest BCUT2D eigenvalue weighted by Crippen LogP contribution is 2.19. The van der Waals surface area contributed by atoms with Gasteiger partial charge in [0.15, 0.2) is 0 Å². The average molecular weight is 237 g/mol. The summed E-state index contributed by atoms with van der Waals surface area (Å²) in [5.74, 6) is -0.286. The van der Waals surface area contributed by atoms with Crippen molar-refractivity contribution in [2.45, 2.75) is 26.3 Å². The zero-order chi connectivity index (χ0) is 12.3. The number of hydrogen-bond acceptors (Lipinski definition) is 2. The summed E-state index contributed by atoms with van der Waals surface area (Å²) in [5, 5.41) is 12.0. The van der Waals surface area contributed by atoms with Crippen molar-refractivity contribution in [1.29, 1.82) is 5.26 Å². The van der Waals surface area contributed by atoms with Crippen LogP contribution in [0.1, 0.15) is 29.8 Å². The van der Waals surface area contributed by atoms with E-state index < -0.39 is 5.54 Å². The molecule has 0 saturated heterocycles. The highest BCUT2D eigenvalue weighted by atomic mass is 35.5. The van der Waals surface area contributed by atoms with E-state index in [-0.39, 0.29) is 5.91 Å². The van der Waals surface area contributed by atoms with Gasteiger partial charge in [0.1, 0.15) is 5.54 Å². The molecule has 16 heavy (non-hydrogen) atoms. The number of carbonyl (C=O) groups is 1. The highest BCUT2D eigenvalue weighted by molar-refractivity contribution is 6.31. The number of nitriles is 1. The fourth-order valence-corrected chi connectivity index (χ4v) is 1.41. The molecular formula is C12H13ClN2O. The Hall–Kier alpha value is -1.53. The molecule has 0 heterocycles. The normalized spacial score (nSPS) is 10.7. The largest absolute Gasteiger partial charge is 0.334 e. The van der Waals surface area contributed by atoms with Crippen LogP contribution in [0.5, 0.6) is 0 Å². The minimum Gasteiger partial charge on any atom is -0.334 e. The van der Waals surface area contributed by atoms with Crippen LogP contribution in [-0.4, -0.2) is 11.4 Å². The summed E-state index contributed by atoms with van der Waals surface area (Å²) in [7, 11) is 0. The molecule has 0 saturated carbocycles. The Labute approximate surface area is 100 Å². The van der Waals surface area contributed by atoms with Crippen molar-refractivity contribution in [3.63, 3.8) is 0 Å². The topological polar surface area (TPSA) is 52.9 Å². The van der Waals surface area contributed by atoms with Gasteiger partial charge in [0, 0.05) is 10.6 Å². The SMILES string of the molecule is Cc1c(Cl)cccc1C(=O)NC(C)(C)C#N. The van der Waals surface area contributed by atoms with Gasteiger partial charge in [-0.3, -0.25) is 4.79 Å². The summed E-state index contributed by atoms with van der Waals surface area (Å²) < 4.78 is 0. The Bertz CT molecular complexity index is 461. The number of rotatable bonds is 2. The first-order chi connectivity index (χ1) is 7.37. The molecule has 0 bridgehead atoms. The van der Waals surface area contributed by atoms with Crippen LogP contribution >= 0.6 is 11.6 Å². The first-order valence-electron chi connectivity index (χ1n) is 4.86. The number of carbonyl (C=O) groups excluding carboxylic acids is 1. The molecule has 3 nitrogen and oxygen atoms in total. The van der Waals surface area contributed by atoms with E-state index in [4.69, 9.17) is 16.9 Å². The molecule has 1 rings (SSSR count). The fraction of sp³-hybridized carbons (Fsp3) is 0.333. The van der Waals surface area contributed by atoms with Gasteiger partial charge in [0.05, 0.1) is 6.07 Å². The minimum absolute atomic E-state index is 0.286. The summed E-state index contributed by atoms with van der Waals surface area (Å²) in [6.45, 7) is 5.06. The van der Waals surface area contributed by atoms with Crippen molar-refractivity contribution in [1.82, 2.24) is 5.32 Å². The zero-order valence-electron chi connectivity index (χ0n) is 9.47.